The van der Waals surface area contributed by atoms with E-state index >= 15 is 0 Å². The minimum atomic E-state index is 0.841. The van der Waals surface area contributed by atoms with Gasteiger partial charge in [-0.25, -0.2) is 0 Å². The van der Waals surface area contributed by atoms with Crippen molar-refractivity contribution in [2.45, 2.75) is 0 Å². The van der Waals surface area contributed by atoms with Crippen LogP contribution < -0.4 is 0 Å². The fourth-order valence-corrected chi connectivity index (χ4v) is 8.29. The molecule has 0 spiro atoms. The Labute approximate surface area is 287 Å². The van der Waals surface area contributed by atoms with E-state index < -0.39 is 0 Å². The quantitative estimate of drug-likeness (QED) is 0.180. The molecule has 0 aliphatic carbocycles. The molecule has 0 fully saturated rings. The van der Waals surface area contributed by atoms with Crippen LogP contribution >= 0.6 is 0 Å². The van der Waals surface area contributed by atoms with E-state index in [9.17, 15) is 0 Å². The molecule has 0 saturated carbocycles. The molecule has 0 atom stereocenters. The maximum absolute atomic E-state index is 6.74. The van der Waals surface area contributed by atoms with Crippen molar-refractivity contribution in [2.24, 2.45) is 0 Å². The van der Waals surface area contributed by atoms with Crippen molar-refractivity contribution in [3.8, 4) is 33.4 Å². The van der Waals surface area contributed by atoms with Crippen molar-refractivity contribution in [3.63, 3.8) is 0 Å². The molecule has 0 unspecified atom stereocenters. The molecule has 0 radical (unpaired) electrons. The van der Waals surface area contributed by atoms with Crippen molar-refractivity contribution in [1.29, 1.82) is 0 Å². The molecule has 0 bridgehead atoms. The molecule has 2 heterocycles. The summed E-state index contributed by atoms with van der Waals surface area (Å²) in [5.41, 5.74) is 10.5. The molecule has 0 amide bonds. The van der Waals surface area contributed by atoms with Gasteiger partial charge in [-0.15, -0.1) is 0 Å². The average molecular weight is 637 g/mol. The number of rotatable bonds is 3. The summed E-state index contributed by atoms with van der Waals surface area (Å²) in [7, 11) is 0. The fraction of sp³-hybridized carbons (Fsp3) is 0. The van der Waals surface area contributed by atoms with Crippen molar-refractivity contribution in [3.05, 3.63) is 170 Å². The highest BCUT2D eigenvalue weighted by Gasteiger charge is 2.23. The lowest BCUT2D eigenvalue weighted by Crippen LogP contribution is -1.92. The van der Waals surface area contributed by atoms with Crippen LogP contribution in [-0.2, 0) is 0 Å². The monoisotopic (exact) mass is 636 g/mol. The van der Waals surface area contributed by atoms with Gasteiger partial charge < -0.3 is 8.83 Å². The Morgan fingerprint density at radius 1 is 0.300 bits per heavy atom. The first-order valence-electron chi connectivity index (χ1n) is 17.1. The predicted molar refractivity (Wildman–Crippen MR) is 210 cm³/mol. The smallest absolute Gasteiger partial charge is 0.147 e. The van der Waals surface area contributed by atoms with Gasteiger partial charge in [0.25, 0.3) is 0 Å². The van der Waals surface area contributed by atoms with Crippen LogP contribution in [0.2, 0.25) is 0 Å². The second kappa shape index (κ2) is 10.4. The second-order valence-corrected chi connectivity index (χ2v) is 13.2. The summed E-state index contributed by atoms with van der Waals surface area (Å²) in [6.45, 7) is 0. The Morgan fingerprint density at radius 2 is 0.820 bits per heavy atom. The molecular weight excluding hydrogens is 609 g/mol. The van der Waals surface area contributed by atoms with E-state index in [0.29, 0.717) is 0 Å². The number of para-hydroxylation sites is 2. The summed E-state index contributed by atoms with van der Waals surface area (Å²) in [4.78, 5) is 0. The van der Waals surface area contributed by atoms with Crippen LogP contribution in [0, 0.1) is 0 Å². The molecule has 0 saturated heterocycles. The molecule has 0 aliphatic rings. The Kier molecular flexibility index (Phi) is 5.70. The Hall–Kier alpha value is -6.64. The zero-order valence-electron chi connectivity index (χ0n) is 27.0. The molecule has 9 aromatic carbocycles. The third-order valence-corrected chi connectivity index (χ3v) is 10.4. The Morgan fingerprint density at radius 3 is 1.52 bits per heavy atom. The lowest BCUT2D eigenvalue weighted by Gasteiger charge is -2.19. The zero-order valence-corrected chi connectivity index (χ0v) is 27.0. The van der Waals surface area contributed by atoms with Crippen molar-refractivity contribution in [1.82, 2.24) is 0 Å². The molecule has 2 aromatic heterocycles. The van der Waals surface area contributed by atoms with Gasteiger partial charge in [-0.3, -0.25) is 0 Å². The first kappa shape index (κ1) is 27.3. The third-order valence-electron chi connectivity index (χ3n) is 10.4. The molecule has 232 valence electrons. The van der Waals surface area contributed by atoms with E-state index in [2.05, 4.69) is 146 Å². The van der Waals surface area contributed by atoms with Crippen molar-refractivity contribution < 1.29 is 8.83 Å². The van der Waals surface area contributed by atoms with Crippen LogP contribution in [0.25, 0.3) is 110 Å². The first-order valence-corrected chi connectivity index (χ1v) is 17.1. The lowest BCUT2D eigenvalue weighted by molar-refractivity contribution is 0.663. The van der Waals surface area contributed by atoms with Crippen LogP contribution in [-0.4, -0.2) is 0 Å². The van der Waals surface area contributed by atoms with Gasteiger partial charge in [0.05, 0.1) is 5.39 Å². The van der Waals surface area contributed by atoms with Gasteiger partial charge in [-0.1, -0.05) is 140 Å². The van der Waals surface area contributed by atoms with E-state index in [1.54, 1.807) is 0 Å². The molecule has 2 heteroatoms. The number of furan rings is 2. The topological polar surface area (TPSA) is 26.3 Å². The molecule has 11 rings (SSSR count). The fourth-order valence-electron chi connectivity index (χ4n) is 8.29. The molecule has 2 nitrogen and oxygen atoms in total. The summed E-state index contributed by atoms with van der Waals surface area (Å²) >= 11 is 0. The molecule has 0 aliphatic heterocycles. The summed E-state index contributed by atoms with van der Waals surface area (Å²) in [6.07, 6.45) is 0. The zero-order chi connectivity index (χ0) is 32.8. The average Bonchev–Trinajstić information content (AvgIpc) is 3.75. The highest BCUT2D eigenvalue weighted by atomic mass is 16.3. The number of benzene rings is 9. The normalized spacial score (nSPS) is 12.0. The van der Waals surface area contributed by atoms with E-state index in [1.165, 1.54) is 54.6 Å². The minimum absolute atomic E-state index is 0.841. The number of hydrogen-bond donors (Lipinski definition) is 0. The van der Waals surface area contributed by atoms with Gasteiger partial charge in [-0.2, -0.15) is 0 Å². The lowest BCUT2D eigenvalue weighted by atomic mass is 9.83. The predicted octanol–water partition coefficient (Wildman–Crippen LogP) is 13.9. The largest absolute Gasteiger partial charge is 0.455 e. The molecule has 50 heavy (non-hydrogen) atoms. The number of fused-ring (bicyclic) bond motifs is 10. The highest BCUT2D eigenvalue weighted by molar-refractivity contribution is 6.27. The highest BCUT2D eigenvalue weighted by Crippen LogP contribution is 2.48. The van der Waals surface area contributed by atoms with E-state index in [4.69, 9.17) is 8.83 Å². The van der Waals surface area contributed by atoms with Crippen LogP contribution in [0.4, 0.5) is 0 Å². The van der Waals surface area contributed by atoms with Crippen LogP contribution in [0.3, 0.4) is 0 Å². The maximum atomic E-state index is 6.74. The second-order valence-electron chi connectivity index (χ2n) is 13.2. The van der Waals surface area contributed by atoms with Gasteiger partial charge in [0, 0.05) is 21.7 Å². The SMILES string of the molecule is c1ccc(-c2c3ccccc3c(-c3cc(-c4cc5c6ccccc6oc5c5c4oc4ccccc45)cc4ccccc34)c3ccccc23)cc1. The van der Waals surface area contributed by atoms with E-state index in [-0.39, 0.29) is 0 Å². The third kappa shape index (κ3) is 3.85. The minimum Gasteiger partial charge on any atom is -0.455 e. The van der Waals surface area contributed by atoms with Gasteiger partial charge in [-0.05, 0) is 90.5 Å². The summed E-state index contributed by atoms with van der Waals surface area (Å²) in [5.74, 6) is 0. The molecule has 0 N–H and O–H groups in total. The first-order chi connectivity index (χ1) is 24.8. The van der Waals surface area contributed by atoms with E-state index in [0.717, 1.165) is 55.0 Å². The Balaban J connectivity index is 1.30. The Bertz CT molecular complexity index is 3080. The number of hydrogen-bond acceptors (Lipinski definition) is 2. The van der Waals surface area contributed by atoms with Gasteiger partial charge in [0.15, 0.2) is 0 Å². The maximum Gasteiger partial charge on any atom is 0.147 e. The van der Waals surface area contributed by atoms with Gasteiger partial charge in [0.1, 0.15) is 22.3 Å². The summed E-state index contributed by atoms with van der Waals surface area (Å²) in [5, 5.41) is 11.6. The van der Waals surface area contributed by atoms with Crippen LogP contribution in [0.5, 0.6) is 0 Å². The van der Waals surface area contributed by atoms with Gasteiger partial charge in [0.2, 0.25) is 0 Å². The van der Waals surface area contributed by atoms with Crippen LogP contribution in [0.1, 0.15) is 0 Å². The van der Waals surface area contributed by atoms with Crippen LogP contribution in [0.15, 0.2) is 179 Å². The molecule has 11 aromatic rings. The molecular formula is C48H28O2. The van der Waals surface area contributed by atoms with Crippen molar-refractivity contribution >= 4 is 76.2 Å². The van der Waals surface area contributed by atoms with Gasteiger partial charge >= 0.3 is 0 Å². The van der Waals surface area contributed by atoms with Crippen molar-refractivity contribution in [2.75, 3.05) is 0 Å². The summed E-state index contributed by atoms with van der Waals surface area (Å²) in [6, 6.07) is 60.9. The standard InChI is InChI=1S/C48H28O2/c1-2-14-29(15-3-1)44-34-19-6-8-21-36(34)45(37-22-9-7-20-35(37)44)40-27-31(26-30-16-4-5-17-32(30)40)39-28-41-33-18-10-12-24-42(33)49-48(41)46-38-23-11-13-25-43(38)50-47(39)46/h1-28H. The van der Waals surface area contributed by atoms with E-state index in [1.807, 2.05) is 24.3 Å². The summed E-state index contributed by atoms with van der Waals surface area (Å²) < 4.78 is 13.3.